The van der Waals surface area contributed by atoms with Crippen molar-refractivity contribution in [2.45, 2.75) is 39.7 Å². The van der Waals surface area contributed by atoms with Gasteiger partial charge in [-0.2, -0.15) is 0 Å². The molecule has 0 atom stereocenters. The smallest absolute Gasteiger partial charge is 0.244 e. The first-order valence-electron chi connectivity index (χ1n) is 9.01. The van der Waals surface area contributed by atoms with Gasteiger partial charge in [-0.05, 0) is 43.2 Å². The van der Waals surface area contributed by atoms with Gasteiger partial charge in [-0.3, -0.25) is 4.79 Å². The van der Waals surface area contributed by atoms with E-state index in [1.54, 1.807) is 7.11 Å². The van der Waals surface area contributed by atoms with Crippen LogP contribution in [0.1, 0.15) is 31.2 Å². The minimum absolute atomic E-state index is 0.0881. The molecule has 0 aliphatic heterocycles. The Morgan fingerprint density at radius 2 is 2.04 bits per heavy atom. The maximum atomic E-state index is 12.7. The summed E-state index contributed by atoms with van der Waals surface area (Å²) in [6.45, 7) is 4.38. The van der Waals surface area contributed by atoms with Crippen molar-refractivity contribution in [2.75, 3.05) is 12.4 Å². The van der Waals surface area contributed by atoms with Crippen LogP contribution < -0.4 is 10.1 Å². The predicted octanol–water partition coefficient (Wildman–Crippen LogP) is 4.33. The van der Waals surface area contributed by atoms with E-state index >= 15 is 0 Å². The lowest BCUT2D eigenvalue weighted by Gasteiger charge is -2.13. The summed E-state index contributed by atoms with van der Waals surface area (Å²) < 4.78 is 7.37. The quantitative estimate of drug-likeness (QED) is 0.689. The van der Waals surface area contributed by atoms with Crippen LogP contribution in [0.2, 0.25) is 0 Å². The molecular formula is C21H25N3O2. The van der Waals surface area contributed by atoms with Gasteiger partial charge < -0.3 is 14.6 Å². The molecule has 1 aromatic heterocycles. The second-order valence-corrected chi connectivity index (χ2v) is 6.46. The molecule has 0 saturated carbocycles. The molecule has 1 amide bonds. The van der Waals surface area contributed by atoms with Crippen LogP contribution in [-0.4, -0.2) is 22.6 Å². The molecule has 5 nitrogen and oxygen atoms in total. The summed E-state index contributed by atoms with van der Waals surface area (Å²) in [7, 11) is 1.60. The number of carbonyl (C=O) groups is 1. The number of fused-ring (bicyclic) bond motifs is 1. The molecule has 0 aliphatic rings. The zero-order chi connectivity index (χ0) is 18.5. The minimum atomic E-state index is -0.0881. The summed E-state index contributed by atoms with van der Waals surface area (Å²) in [5.41, 5.74) is 3.68. The molecule has 0 spiro atoms. The Morgan fingerprint density at radius 3 is 2.81 bits per heavy atom. The average molecular weight is 351 g/mol. The number of hydrogen-bond acceptors (Lipinski definition) is 3. The van der Waals surface area contributed by atoms with Gasteiger partial charge in [0.05, 0.1) is 23.8 Å². The lowest BCUT2D eigenvalue weighted by atomic mass is 10.2. The highest BCUT2D eigenvalue weighted by Crippen LogP contribution is 2.25. The number of nitrogens with one attached hydrogen (secondary N) is 1. The van der Waals surface area contributed by atoms with Gasteiger partial charge in [0.25, 0.3) is 0 Å². The Hall–Kier alpha value is -2.82. The zero-order valence-corrected chi connectivity index (χ0v) is 15.6. The molecule has 1 N–H and O–H groups in total. The van der Waals surface area contributed by atoms with E-state index in [2.05, 4.69) is 12.2 Å². The van der Waals surface area contributed by atoms with Crippen LogP contribution >= 0.6 is 0 Å². The molecule has 3 rings (SSSR count). The molecule has 0 saturated heterocycles. The number of methoxy groups -OCH3 is 1. The predicted molar refractivity (Wildman–Crippen MR) is 105 cm³/mol. The van der Waals surface area contributed by atoms with Gasteiger partial charge >= 0.3 is 0 Å². The highest BCUT2D eigenvalue weighted by atomic mass is 16.5. The van der Waals surface area contributed by atoms with Gasteiger partial charge in [0.1, 0.15) is 18.1 Å². The van der Waals surface area contributed by atoms with E-state index in [1.165, 1.54) is 0 Å². The van der Waals surface area contributed by atoms with Gasteiger partial charge in [0.15, 0.2) is 0 Å². The van der Waals surface area contributed by atoms with E-state index in [9.17, 15) is 4.79 Å². The fourth-order valence-corrected chi connectivity index (χ4v) is 3.08. The van der Waals surface area contributed by atoms with E-state index in [0.717, 1.165) is 41.7 Å². The molecule has 2 aromatic carbocycles. The molecule has 0 unspecified atom stereocenters. The number of carbonyl (C=O) groups excluding carboxylic acids is 1. The van der Waals surface area contributed by atoms with Crippen molar-refractivity contribution >= 4 is 22.6 Å². The van der Waals surface area contributed by atoms with Crippen molar-refractivity contribution in [3.63, 3.8) is 0 Å². The largest absolute Gasteiger partial charge is 0.495 e. The third kappa shape index (κ3) is 3.87. The van der Waals surface area contributed by atoms with Crippen LogP contribution in [-0.2, 0) is 17.8 Å². The third-order valence-electron chi connectivity index (χ3n) is 4.42. The van der Waals surface area contributed by atoms with E-state index in [4.69, 9.17) is 9.72 Å². The van der Waals surface area contributed by atoms with Crippen molar-refractivity contribution in [1.82, 2.24) is 9.55 Å². The normalized spacial score (nSPS) is 10.9. The van der Waals surface area contributed by atoms with Crippen molar-refractivity contribution in [3.8, 4) is 5.75 Å². The number of ether oxygens (including phenoxy) is 1. The Morgan fingerprint density at radius 1 is 1.23 bits per heavy atom. The molecule has 5 heteroatoms. The molecule has 136 valence electrons. The van der Waals surface area contributed by atoms with E-state index < -0.39 is 0 Å². The number of aryl methyl sites for hydroxylation is 2. The van der Waals surface area contributed by atoms with E-state index in [1.807, 2.05) is 54.0 Å². The number of amides is 1. The molecule has 1 heterocycles. The summed E-state index contributed by atoms with van der Waals surface area (Å²) >= 11 is 0. The first-order valence-corrected chi connectivity index (χ1v) is 9.01. The van der Waals surface area contributed by atoms with Crippen LogP contribution in [0.25, 0.3) is 11.0 Å². The summed E-state index contributed by atoms with van der Waals surface area (Å²) in [4.78, 5) is 17.4. The van der Waals surface area contributed by atoms with E-state index in [-0.39, 0.29) is 12.5 Å². The second-order valence-electron chi connectivity index (χ2n) is 6.46. The number of aromatic nitrogens is 2. The second kappa shape index (κ2) is 8.04. The fraction of sp³-hybridized carbons (Fsp3) is 0.333. The molecule has 0 radical (unpaired) electrons. The minimum Gasteiger partial charge on any atom is -0.495 e. The van der Waals surface area contributed by atoms with Crippen molar-refractivity contribution < 1.29 is 9.53 Å². The molecule has 0 aliphatic carbocycles. The van der Waals surface area contributed by atoms with Gasteiger partial charge in [-0.25, -0.2) is 4.98 Å². The maximum absolute atomic E-state index is 12.7. The number of rotatable bonds is 7. The summed E-state index contributed by atoms with van der Waals surface area (Å²) in [5.74, 6) is 1.53. The van der Waals surface area contributed by atoms with Crippen molar-refractivity contribution in [3.05, 3.63) is 53.9 Å². The lowest BCUT2D eigenvalue weighted by molar-refractivity contribution is -0.116. The molecule has 26 heavy (non-hydrogen) atoms. The van der Waals surface area contributed by atoms with Crippen LogP contribution in [0.3, 0.4) is 0 Å². The van der Waals surface area contributed by atoms with Crippen LogP contribution in [0.5, 0.6) is 5.75 Å². The Bertz CT molecular complexity index is 915. The molecule has 0 bridgehead atoms. The topological polar surface area (TPSA) is 56.2 Å². The average Bonchev–Trinajstić information content (AvgIpc) is 2.97. The summed E-state index contributed by atoms with van der Waals surface area (Å²) in [5, 5.41) is 2.98. The summed E-state index contributed by atoms with van der Waals surface area (Å²) in [6, 6.07) is 13.7. The Kier molecular flexibility index (Phi) is 5.56. The Balaban J connectivity index is 1.86. The molecule has 0 fully saturated rings. The highest BCUT2D eigenvalue weighted by molar-refractivity contribution is 5.93. The summed E-state index contributed by atoms with van der Waals surface area (Å²) in [6.07, 6.45) is 3.01. The number of unbranched alkanes of at least 4 members (excludes halogenated alkanes) is 1. The zero-order valence-electron chi connectivity index (χ0n) is 15.6. The molecule has 3 aromatic rings. The van der Waals surface area contributed by atoms with Crippen molar-refractivity contribution in [2.24, 2.45) is 0 Å². The number of para-hydroxylation sites is 2. The number of imidazole rings is 1. The van der Waals surface area contributed by atoms with Crippen molar-refractivity contribution in [1.29, 1.82) is 0 Å². The number of nitrogens with zero attached hydrogens (tertiary/aromatic N) is 2. The first kappa shape index (κ1) is 18.0. The third-order valence-corrected chi connectivity index (χ3v) is 4.42. The number of hydrogen-bond donors (Lipinski definition) is 1. The first-order chi connectivity index (χ1) is 12.6. The van der Waals surface area contributed by atoms with Gasteiger partial charge in [-0.1, -0.05) is 31.5 Å². The maximum Gasteiger partial charge on any atom is 0.244 e. The van der Waals surface area contributed by atoms with E-state index in [0.29, 0.717) is 11.4 Å². The SMILES string of the molecule is CCCCc1nc2ccccc2n1CC(=O)Nc1cc(C)ccc1OC. The number of benzene rings is 2. The highest BCUT2D eigenvalue weighted by Gasteiger charge is 2.14. The standard InChI is InChI=1S/C21H25N3O2/c1-4-5-10-20-22-16-8-6-7-9-18(16)24(20)14-21(25)23-17-13-15(2)11-12-19(17)26-3/h6-9,11-13H,4-5,10,14H2,1-3H3,(H,23,25). The van der Waals surface area contributed by atoms with Crippen LogP contribution in [0.15, 0.2) is 42.5 Å². The van der Waals surface area contributed by atoms with Crippen LogP contribution in [0.4, 0.5) is 5.69 Å². The lowest BCUT2D eigenvalue weighted by Crippen LogP contribution is -2.20. The monoisotopic (exact) mass is 351 g/mol. The Labute approximate surface area is 154 Å². The van der Waals surface area contributed by atoms with Gasteiger partial charge in [0, 0.05) is 6.42 Å². The van der Waals surface area contributed by atoms with Gasteiger partial charge in [-0.15, -0.1) is 0 Å². The fourth-order valence-electron chi connectivity index (χ4n) is 3.08. The number of anilines is 1. The van der Waals surface area contributed by atoms with Crippen LogP contribution in [0, 0.1) is 6.92 Å². The molecular weight excluding hydrogens is 326 g/mol. The van der Waals surface area contributed by atoms with Gasteiger partial charge in [0.2, 0.25) is 5.91 Å².